The highest BCUT2D eigenvalue weighted by atomic mass is 19.4. The van der Waals surface area contributed by atoms with Crippen LogP contribution in [0.15, 0.2) is 36.0 Å². The maximum absolute atomic E-state index is 13.0. The van der Waals surface area contributed by atoms with Crippen LogP contribution in [-0.4, -0.2) is 37.4 Å². The number of carbonyl (C=O) groups excluding carboxylic acids is 2. The molecule has 22 heavy (non-hydrogen) atoms. The van der Waals surface area contributed by atoms with Crippen molar-refractivity contribution in [3.63, 3.8) is 0 Å². The van der Waals surface area contributed by atoms with Gasteiger partial charge in [-0.25, -0.2) is 4.79 Å². The molecule has 0 heterocycles. The van der Waals surface area contributed by atoms with E-state index in [1.165, 1.54) is 17.0 Å². The predicted octanol–water partition coefficient (Wildman–Crippen LogP) is 2.90. The Kier molecular flexibility index (Phi) is 5.73. The number of Topliss-reactive ketones (excluding diaryl/α,β-unsaturated/α-hetero) is 1. The molecule has 0 saturated heterocycles. The molecule has 1 aromatic rings. The van der Waals surface area contributed by atoms with E-state index in [4.69, 9.17) is 4.74 Å². The Hall–Kier alpha value is -2.31. The summed E-state index contributed by atoms with van der Waals surface area (Å²) in [5, 5.41) is 0. The molecule has 0 aromatic heterocycles. The van der Waals surface area contributed by atoms with Gasteiger partial charge in [0.05, 0.1) is 12.2 Å². The van der Waals surface area contributed by atoms with Gasteiger partial charge >= 0.3 is 12.1 Å². The van der Waals surface area contributed by atoms with Crippen molar-refractivity contribution in [3.05, 3.63) is 47.2 Å². The summed E-state index contributed by atoms with van der Waals surface area (Å²) >= 11 is 0. The third-order valence-corrected chi connectivity index (χ3v) is 2.60. The van der Waals surface area contributed by atoms with E-state index in [1.54, 1.807) is 21.0 Å². The molecule has 0 bridgehead atoms. The summed E-state index contributed by atoms with van der Waals surface area (Å²) in [6.45, 7) is 1.55. The van der Waals surface area contributed by atoms with Crippen LogP contribution in [0.4, 0.5) is 13.2 Å². The lowest BCUT2D eigenvalue weighted by atomic mass is 9.98. The number of nitrogens with zero attached hydrogens (tertiary/aromatic N) is 1. The molecule has 0 unspecified atom stereocenters. The molecule has 4 nitrogen and oxygen atoms in total. The number of hydrogen-bond donors (Lipinski definition) is 0. The first-order valence-corrected chi connectivity index (χ1v) is 6.44. The molecule has 0 spiro atoms. The van der Waals surface area contributed by atoms with Crippen molar-refractivity contribution in [2.24, 2.45) is 0 Å². The molecule has 0 atom stereocenters. The lowest BCUT2D eigenvalue weighted by molar-refractivity contribution is -0.139. The van der Waals surface area contributed by atoms with E-state index in [9.17, 15) is 22.8 Å². The fourth-order valence-electron chi connectivity index (χ4n) is 1.74. The summed E-state index contributed by atoms with van der Waals surface area (Å²) in [7, 11) is 3.09. The molecule has 0 N–H and O–H groups in total. The number of benzene rings is 1. The molecular weight excluding hydrogens is 299 g/mol. The summed E-state index contributed by atoms with van der Waals surface area (Å²) in [5.41, 5.74) is -2.13. The maximum atomic E-state index is 13.0. The van der Waals surface area contributed by atoms with Crippen molar-refractivity contribution in [1.82, 2.24) is 4.90 Å². The van der Waals surface area contributed by atoms with E-state index in [0.29, 0.717) is 0 Å². The van der Waals surface area contributed by atoms with Gasteiger partial charge in [-0.15, -0.1) is 0 Å². The van der Waals surface area contributed by atoms with E-state index < -0.39 is 34.6 Å². The number of halogens is 3. The van der Waals surface area contributed by atoms with Crippen LogP contribution in [0.1, 0.15) is 22.8 Å². The Morgan fingerprint density at radius 3 is 2.32 bits per heavy atom. The minimum Gasteiger partial charge on any atom is -0.462 e. The van der Waals surface area contributed by atoms with Crippen molar-refractivity contribution in [3.8, 4) is 0 Å². The Bertz CT molecular complexity index is 592. The summed E-state index contributed by atoms with van der Waals surface area (Å²) in [6.07, 6.45) is -3.54. The van der Waals surface area contributed by atoms with Gasteiger partial charge in [-0.1, -0.05) is 18.2 Å². The van der Waals surface area contributed by atoms with Crippen LogP contribution in [0.5, 0.6) is 0 Å². The maximum Gasteiger partial charge on any atom is 0.417 e. The van der Waals surface area contributed by atoms with Crippen LogP contribution in [0.3, 0.4) is 0 Å². The zero-order chi connectivity index (χ0) is 16.9. The zero-order valence-electron chi connectivity index (χ0n) is 12.4. The van der Waals surface area contributed by atoms with Crippen molar-refractivity contribution < 1.29 is 27.5 Å². The van der Waals surface area contributed by atoms with Gasteiger partial charge < -0.3 is 9.64 Å². The number of ether oxygens (including phenoxy) is 1. The van der Waals surface area contributed by atoms with Crippen molar-refractivity contribution in [2.45, 2.75) is 13.1 Å². The third kappa shape index (κ3) is 4.34. The Labute approximate surface area is 126 Å². The largest absolute Gasteiger partial charge is 0.462 e. The number of rotatable bonds is 5. The van der Waals surface area contributed by atoms with E-state index in [0.717, 1.165) is 18.3 Å². The first-order chi connectivity index (χ1) is 10.2. The van der Waals surface area contributed by atoms with Crippen molar-refractivity contribution in [1.29, 1.82) is 0 Å². The number of carbonyl (C=O) groups is 2. The lowest BCUT2D eigenvalue weighted by Gasteiger charge is -2.14. The van der Waals surface area contributed by atoms with Crippen LogP contribution in [0.25, 0.3) is 0 Å². The van der Waals surface area contributed by atoms with E-state index >= 15 is 0 Å². The fraction of sp³-hybridized carbons (Fsp3) is 0.333. The average molecular weight is 315 g/mol. The first kappa shape index (κ1) is 17.7. The van der Waals surface area contributed by atoms with Crippen LogP contribution in [0.2, 0.25) is 0 Å². The highest BCUT2D eigenvalue weighted by molar-refractivity contribution is 6.24. The molecule has 120 valence electrons. The second-order valence-electron chi connectivity index (χ2n) is 4.60. The second kappa shape index (κ2) is 7.11. The molecule has 0 radical (unpaired) electrons. The van der Waals surface area contributed by atoms with E-state index in [-0.39, 0.29) is 6.61 Å². The molecule has 0 aliphatic heterocycles. The first-order valence-electron chi connectivity index (χ1n) is 6.44. The minimum absolute atomic E-state index is 0.0117. The summed E-state index contributed by atoms with van der Waals surface area (Å²) < 4.78 is 43.7. The molecule has 0 aliphatic rings. The van der Waals surface area contributed by atoms with Gasteiger partial charge in [0.15, 0.2) is 0 Å². The molecule has 7 heteroatoms. The molecule has 0 amide bonds. The van der Waals surface area contributed by atoms with Gasteiger partial charge in [0.2, 0.25) is 5.78 Å². The number of hydrogen-bond acceptors (Lipinski definition) is 4. The monoisotopic (exact) mass is 315 g/mol. The van der Waals surface area contributed by atoms with Crippen LogP contribution in [0, 0.1) is 0 Å². The normalized spacial score (nSPS) is 12.0. The van der Waals surface area contributed by atoms with Gasteiger partial charge in [-0.2, -0.15) is 13.2 Å². The van der Waals surface area contributed by atoms with Crippen molar-refractivity contribution >= 4 is 11.8 Å². The topological polar surface area (TPSA) is 46.6 Å². The molecule has 1 aromatic carbocycles. The highest BCUT2D eigenvalue weighted by Crippen LogP contribution is 2.32. The Balaban J connectivity index is 3.35. The summed E-state index contributed by atoms with van der Waals surface area (Å²) in [6, 6.07) is 4.32. The van der Waals surface area contributed by atoms with E-state index in [1.807, 2.05) is 0 Å². The zero-order valence-corrected chi connectivity index (χ0v) is 12.4. The molecule has 0 aliphatic carbocycles. The Morgan fingerprint density at radius 2 is 1.82 bits per heavy atom. The molecule has 0 saturated carbocycles. The van der Waals surface area contributed by atoms with Crippen LogP contribution in [-0.2, 0) is 15.7 Å². The third-order valence-electron chi connectivity index (χ3n) is 2.60. The summed E-state index contributed by atoms with van der Waals surface area (Å²) in [4.78, 5) is 25.6. The lowest BCUT2D eigenvalue weighted by Crippen LogP contribution is -2.22. The quantitative estimate of drug-likeness (QED) is 0.276. The number of esters is 1. The van der Waals surface area contributed by atoms with Crippen molar-refractivity contribution in [2.75, 3.05) is 20.7 Å². The minimum atomic E-state index is -4.69. The van der Waals surface area contributed by atoms with Crippen LogP contribution >= 0.6 is 0 Å². The van der Waals surface area contributed by atoms with Gasteiger partial charge in [0, 0.05) is 25.9 Å². The molecule has 0 fully saturated rings. The van der Waals surface area contributed by atoms with E-state index in [2.05, 4.69) is 0 Å². The average Bonchev–Trinajstić information content (AvgIpc) is 2.43. The standard InChI is InChI=1S/C15H16F3NO3/c1-4-22-14(21)11(9-19(2)3)13(20)10-7-5-6-8-12(10)15(16,17)18/h5-9H,4H2,1-3H3. The predicted molar refractivity (Wildman–Crippen MR) is 74.2 cm³/mol. The van der Waals surface area contributed by atoms with Gasteiger partial charge in [0.1, 0.15) is 5.57 Å². The van der Waals surface area contributed by atoms with Crippen LogP contribution < -0.4 is 0 Å². The highest BCUT2D eigenvalue weighted by Gasteiger charge is 2.36. The molecular formula is C15H16F3NO3. The van der Waals surface area contributed by atoms with Gasteiger partial charge in [0.25, 0.3) is 0 Å². The second-order valence-corrected chi connectivity index (χ2v) is 4.60. The smallest absolute Gasteiger partial charge is 0.417 e. The summed E-state index contributed by atoms with van der Waals surface area (Å²) in [5.74, 6) is -1.99. The van der Waals surface area contributed by atoms with Gasteiger partial charge in [-0.3, -0.25) is 4.79 Å². The number of alkyl halides is 3. The SMILES string of the molecule is CCOC(=O)C(=CN(C)C)C(=O)c1ccccc1C(F)(F)F. The number of ketones is 1. The van der Waals surface area contributed by atoms with Gasteiger partial charge in [-0.05, 0) is 13.0 Å². The molecule has 1 rings (SSSR count). The Morgan fingerprint density at radius 1 is 1.23 bits per heavy atom. The fourth-order valence-corrected chi connectivity index (χ4v) is 1.74.